The van der Waals surface area contributed by atoms with E-state index in [9.17, 15) is 4.79 Å². The van der Waals surface area contributed by atoms with Crippen molar-refractivity contribution in [2.24, 2.45) is 5.92 Å². The van der Waals surface area contributed by atoms with Crippen LogP contribution < -0.4 is 10.2 Å². The van der Waals surface area contributed by atoms with E-state index in [4.69, 9.17) is 4.74 Å². The molecule has 7 nitrogen and oxygen atoms in total. The van der Waals surface area contributed by atoms with Gasteiger partial charge in [-0.3, -0.25) is 0 Å². The van der Waals surface area contributed by atoms with E-state index in [1.807, 2.05) is 6.07 Å². The van der Waals surface area contributed by atoms with Gasteiger partial charge in [0, 0.05) is 56.6 Å². The molecule has 1 aliphatic carbocycles. The zero-order valence-corrected chi connectivity index (χ0v) is 14.6. The number of piperidine rings is 1. The summed E-state index contributed by atoms with van der Waals surface area (Å²) in [6, 6.07) is 2.63. The molecule has 1 aromatic heterocycles. The van der Waals surface area contributed by atoms with Crippen molar-refractivity contribution < 1.29 is 9.53 Å². The molecular formula is C18H27N5O2. The Morgan fingerprint density at radius 1 is 1.20 bits per heavy atom. The fraction of sp³-hybridized carbons (Fsp3) is 0.722. The van der Waals surface area contributed by atoms with Crippen molar-refractivity contribution in [3.05, 3.63) is 18.5 Å². The molecule has 1 aromatic rings. The van der Waals surface area contributed by atoms with E-state index in [0.717, 1.165) is 70.9 Å². The summed E-state index contributed by atoms with van der Waals surface area (Å²) in [5.41, 5.74) is 0. The molecule has 0 aromatic carbocycles. The summed E-state index contributed by atoms with van der Waals surface area (Å²) in [5.74, 6) is 1.29. The second-order valence-corrected chi connectivity index (χ2v) is 7.37. The Morgan fingerprint density at radius 3 is 2.60 bits per heavy atom. The van der Waals surface area contributed by atoms with Crippen molar-refractivity contribution in [3.8, 4) is 0 Å². The van der Waals surface area contributed by atoms with Crippen molar-refractivity contribution in [1.82, 2.24) is 20.2 Å². The standard InChI is InChI=1S/C18H27N5O2/c24-18(23(16-2-3-16)12-14-6-11-25-13-14)21-15-4-9-22(10-5-15)17-19-7-1-8-20-17/h1,7-8,14-16H,2-6,9-13H2,(H,21,24)/t14-/m1/s1. The average molecular weight is 345 g/mol. The lowest BCUT2D eigenvalue weighted by Gasteiger charge is -2.34. The van der Waals surface area contributed by atoms with Crippen LogP contribution in [0.25, 0.3) is 0 Å². The smallest absolute Gasteiger partial charge is 0.317 e. The molecule has 4 rings (SSSR count). The molecule has 3 fully saturated rings. The van der Waals surface area contributed by atoms with Crippen molar-refractivity contribution in [2.45, 2.75) is 44.2 Å². The van der Waals surface area contributed by atoms with E-state index in [1.165, 1.54) is 0 Å². The van der Waals surface area contributed by atoms with Gasteiger partial charge in [-0.05, 0) is 38.2 Å². The summed E-state index contributed by atoms with van der Waals surface area (Å²) < 4.78 is 5.47. The molecule has 1 atom stereocenters. The van der Waals surface area contributed by atoms with Crippen molar-refractivity contribution >= 4 is 12.0 Å². The van der Waals surface area contributed by atoms with Gasteiger partial charge < -0.3 is 19.9 Å². The van der Waals surface area contributed by atoms with Crippen LogP contribution in [-0.4, -0.2) is 65.8 Å². The van der Waals surface area contributed by atoms with Gasteiger partial charge in [-0.1, -0.05) is 0 Å². The molecule has 136 valence electrons. The van der Waals surface area contributed by atoms with Gasteiger partial charge in [0.2, 0.25) is 5.95 Å². The lowest BCUT2D eigenvalue weighted by molar-refractivity contribution is 0.159. The molecular weight excluding hydrogens is 318 g/mol. The Bertz CT molecular complexity index is 566. The predicted octanol–water partition coefficient (Wildman–Crippen LogP) is 1.66. The van der Waals surface area contributed by atoms with Crippen LogP contribution in [0.15, 0.2) is 18.5 Å². The van der Waals surface area contributed by atoms with E-state index < -0.39 is 0 Å². The number of carbonyl (C=O) groups excluding carboxylic acids is 1. The summed E-state index contributed by atoms with van der Waals surface area (Å²) in [4.78, 5) is 25.6. The number of hydrogen-bond acceptors (Lipinski definition) is 5. The third-order valence-electron chi connectivity index (χ3n) is 5.38. The third kappa shape index (κ3) is 4.21. The number of anilines is 1. The van der Waals surface area contributed by atoms with E-state index >= 15 is 0 Å². The van der Waals surface area contributed by atoms with E-state index in [2.05, 4.69) is 25.1 Å². The molecule has 2 saturated heterocycles. The van der Waals surface area contributed by atoms with Crippen molar-refractivity contribution in [2.75, 3.05) is 37.7 Å². The Morgan fingerprint density at radius 2 is 1.96 bits per heavy atom. The number of hydrogen-bond donors (Lipinski definition) is 1. The zero-order valence-electron chi connectivity index (χ0n) is 14.6. The van der Waals surface area contributed by atoms with E-state index in [1.54, 1.807) is 12.4 Å². The van der Waals surface area contributed by atoms with Gasteiger partial charge in [0.1, 0.15) is 0 Å². The zero-order chi connectivity index (χ0) is 17.1. The van der Waals surface area contributed by atoms with Gasteiger partial charge >= 0.3 is 6.03 Å². The number of ether oxygens (including phenoxy) is 1. The molecule has 1 saturated carbocycles. The maximum Gasteiger partial charge on any atom is 0.317 e. The van der Waals surface area contributed by atoms with Gasteiger partial charge in [0.15, 0.2) is 0 Å². The maximum absolute atomic E-state index is 12.8. The predicted molar refractivity (Wildman–Crippen MR) is 94.5 cm³/mol. The quantitative estimate of drug-likeness (QED) is 0.879. The van der Waals surface area contributed by atoms with Gasteiger partial charge in [-0.2, -0.15) is 0 Å². The number of carbonyl (C=O) groups is 1. The van der Waals surface area contributed by atoms with Crippen LogP contribution >= 0.6 is 0 Å². The molecule has 25 heavy (non-hydrogen) atoms. The highest BCUT2D eigenvalue weighted by molar-refractivity contribution is 5.75. The lowest BCUT2D eigenvalue weighted by atomic mass is 10.1. The molecule has 0 radical (unpaired) electrons. The molecule has 2 amide bonds. The summed E-state index contributed by atoms with van der Waals surface area (Å²) in [6.07, 6.45) is 8.79. The van der Waals surface area contributed by atoms with E-state index in [-0.39, 0.29) is 12.1 Å². The van der Waals surface area contributed by atoms with Gasteiger partial charge in [-0.15, -0.1) is 0 Å². The maximum atomic E-state index is 12.8. The number of nitrogens with zero attached hydrogens (tertiary/aromatic N) is 4. The van der Waals surface area contributed by atoms with Crippen molar-refractivity contribution in [1.29, 1.82) is 0 Å². The highest BCUT2D eigenvalue weighted by atomic mass is 16.5. The third-order valence-corrected chi connectivity index (χ3v) is 5.38. The van der Waals surface area contributed by atoms with Crippen LogP contribution in [0.5, 0.6) is 0 Å². The topological polar surface area (TPSA) is 70.6 Å². The van der Waals surface area contributed by atoms with E-state index in [0.29, 0.717) is 12.0 Å². The van der Waals surface area contributed by atoms with Crippen LogP contribution in [0, 0.1) is 5.92 Å². The second-order valence-electron chi connectivity index (χ2n) is 7.37. The number of nitrogens with one attached hydrogen (secondary N) is 1. The molecule has 0 spiro atoms. The normalized spacial score (nSPS) is 24.3. The van der Waals surface area contributed by atoms with Crippen LogP contribution in [-0.2, 0) is 4.74 Å². The van der Waals surface area contributed by atoms with Crippen molar-refractivity contribution in [3.63, 3.8) is 0 Å². The Hall–Kier alpha value is -1.89. The summed E-state index contributed by atoms with van der Waals surface area (Å²) in [6.45, 7) is 4.24. The van der Waals surface area contributed by atoms with Crippen LogP contribution in [0.4, 0.5) is 10.7 Å². The number of rotatable bonds is 5. The Balaban J connectivity index is 1.27. The monoisotopic (exact) mass is 345 g/mol. The highest BCUT2D eigenvalue weighted by Crippen LogP contribution is 2.29. The first-order valence-corrected chi connectivity index (χ1v) is 9.46. The molecule has 0 unspecified atom stereocenters. The Labute approximate surface area is 148 Å². The minimum Gasteiger partial charge on any atom is -0.381 e. The van der Waals surface area contributed by atoms with Crippen LogP contribution in [0.3, 0.4) is 0 Å². The Kier molecular flexibility index (Phi) is 5.01. The second kappa shape index (κ2) is 7.56. The fourth-order valence-corrected chi connectivity index (χ4v) is 3.73. The van der Waals surface area contributed by atoms with Crippen LogP contribution in [0.1, 0.15) is 32.1 Å². The summed E-state index contributed by atoms with van der Waals surface area (Å²) in [5, 5.41) is 3.26. The van der Waals surface area contributed by atoms with Gasteiger partial charge in [-0.25, -0.2) is 14.8 Å². The number of aromatic nitrogens is 2. The first kappa shape index (κ1) is 16.6. The number of urea groups is 1. The SMILES string of the molecule is O=C(NC1CCN(c2ncccn2)CC1)N(C[C@H]1CCOC1)C1CC1. The highest BCUT2D eigenvalue weighted by Gasteiger charge is 2.35. The number of amides is 2. The van der Waals surface area contributed by atoms with Gasteiger partial charge in [0.05, 0.1) is 6.61 Å². The molecule has 3 aliphatic rings. The van der Waals surface area contributed by atoms with Crippen LogP contribution in [0.2, 0.25) is 0 Å². The molecule has 7 heteroatoms. The molecule has 2 aliphatic heterocycles. The largest absolute Gasteiger partial charge is 0.381 e. The minimum absolute atomic E-state index is 0.115. The summed E-state index contributed by atoms with van der Waals surface area (Å²) in [7, 11) is 0. The molecule has 1 N–H and O–H groups in total. The first-order chi connectivity index (χ1) is 12.3. The minimum atomic E-state index is 0.115. The summed E-state index contributed by atoms with van der Waals surface area (Å²) >= 11 is 0. The fourth-order valence-electron chi connectivity index (χ4n) is 3.73. The lowest BCUT2D eigenvalue weighted by Crippen LogP contribution is -2.51. The molecule has 3 heterocycles. The first-order valence-electron chi connectivity index (χ1n) is 9.46. The average Bonchev–Trinajstić information content (AvgIpc) is 3.36. The van der Waals surface area contributed by atoms with Gasteiger partial charge in [0.25, 0.3) is 0 Å². The molecule has 0 bridgehead atoms.